The van der Waals surface area contributed by atoms with Crippen LogP contribution in [0.4, 0.5) is 5.69 Å². The Kier molecular flexibility index (Phi) is 6.57. The molecule has 0 aromatic heterocycles. The second kappa shape index (κ2) is 8.55. The van der Waals surface area contributed by atoms with E-state index in [0.29, 0.717) is 5.56 Å². The summed E-state index contributed by atoms with van der Waals surface area (Å²) in [7, 11) is 0. The van der Waals surface area contributed by atoms with E-state index in [0.717, 1.165) is 5.56 Å². The quantitative estimate of drug-likeness (QED) is 0.445. The maximum absolute atomic E-state index is 12.1. The Labute approximate surface area is 172 Å². The van der Waals surface area contributed by atoms with Crippen LogP contribution in [0.5, 0.6) is 0 Å². The molecule has 0 heterocycles. The molecule has 2 aromatic rings. The van der Waals surface area contributed by atoms with Gasteiger partial charge >= 0.3 is 0 Å². The highest BCUT2D eigenvalue weighted by atomic mass is 16.6. The van der Waals surface area contributed by atoms with Crippen molar-refractivity contribution in [3.05, 3.63) is 74.8 Å². The van der Waals surface area contributed by atoms with Crippen LogP contribution in [0.25, 0.3) is 0 Å². The smallest absolute Gasteiger partial charge is 0.269 e. The summed E-state index contributed by atoms with van der Waals surface area (Å²) < 4.78 is 0. The highest BCUT2D eigenvalue weighted by Gasteiger charge is 2.20. The fourth-order valence-electron chi connectivity index (χ4n) is 2.73. The van der Waals surface area contributed by atoms with Crippen LogP contribution in [-0.2, 0) is 22.0 Å². The number of nitro benzene ring substituents is 1. The second-order valence-corrected chi connectivity index (χ2v) is 9.24. The van der Waals surface area contributed by atoms with Gasteiger partial charge in [-0.2, -0.15) is 5.10 Å². The Morgan fingerprint density at radius 1 is 1.00 bits per heavy atom. The van der Waals surface area contributed by atoms with Crippen LogP contribution >= 0.6 is 0 Å². The minimum absolute atomic E-state index is 0.000520. The minimum Gasteiger partial charge on any atom is -0.273 e. The van der Waals surface area contributed by atoms with E-state index in [1.807, 2.05) is 0 Å². The molecular formula is C23H29N3O3. The van der Waals surface area contributed by atoms with E-state index < -0.39 is 4.92 Å². The number of amides is 1. The fourth-order valence-corrected chi connectivity index (χ4v) is 2.73. The van der Waals surface area contributed by atoms with Crippen molar-refractivity contribution in [2.75, 3.05) is 0 Å². The molecule has 0 spiro atoms. The summed E-state index contributed by atoms with van der Waals surface area (Å²) in [5.41, 5.74) is 6.58. The summed E-state index contributed by atoms with van der Waals surface area (Å²) in [6.07, 6.45) is 1.75. The molecule has 0 unspecified atom stereocenters. The van der Waals surface area contributed by atoms with Crippen LogP contribution in [0.2, 0.25) is 0 Å². The Hall–Kier alpha value is -3.02. The number of hydrogen-bond donors (Lipinski definition) is 1. The molecule has 2 rings (SSSR count). The number of rotatable bonds is 5. The molecule has 1 N–H and O–H groups in total. The number of nitrogens with zero attached hydrogens (tertiary/aromatic N) is 2. The van der Waals surface area contributed by atoms with E-state index in [1.54, 1.807) is 18.3 Å². The molecule has 0 atom stereocenters. The van der Waals surface area contributed by atoms with Gasteiger partial charge in [0, 0.05) is 12.1 Å². The summed E-state index contributed by atoms with van der Waals surface area (Å²) in [5, 5.41) is 14.8. The van der Waals surface area contributed by atoms with Gasteiger partial charge in [0.15, 0.2) is 0 Å². The lowest BCUT2D eigenvalue weighted by atomic mass is 9.80. The minimum atomic E-state index is -0.467. The van der Waals surface area contributed by atoms with Crippen LogP contribution in [-0.4, -0.2) is 17.0 Å². The zero-order valence-electron chi connectivity index (χ0n) is 17.9. The van der Waals surface area contributed by atoms with Gasteiger partial charge in [-0.05, 0) is 45.2 Å². The lowest BCUT2D eigenvalue weighted by Gasteiger charge is -2.25. The molecule has 0 bridgehead atoms. The first-order valence-electron chi connectivity index (χ1n) is 9.57. The largest absolute Gasteiger partial charge is 0.273 e. The van der Waals surface area contributed by atoms with Crippen LogP contribution in [0, 0.1) is 10.1 Å². The van der Waals surface area contributed by atoms with E-state index in [1.165, 1.54) is 23.3 Å². The lowest BCUT2D eigenvalue weighted by Crippen LogP contribution is -2.20. The number of non-ortho nitro benzene ring substituents is 1. The number of carbonyl (C=O) groups is 1. The SMILES string of the molecule is CC(C)(C)c1cc(C=NNC(=O)Cc2ccc([N+](=O)[O-])cc2)cc(C(C)(C)C)c1. The number of carbonyl (C=O) groups excluding carboxylic acids is 1. The highest BCUT2D eigenvalue weighted by Crippen LogP contribution is 2.29. The summed E-state index contributed by atoms with van der Waals surface area (Å²) in [5.74, 6) is -0.280. The monoisotopic (exact) mass is 395 g/mol. The zero-order chi connectivity index (χ0) is 21.8. The van der Waals surface area contributed by atoms with E-state index in [9.17, 15) is 14.9 Å². The summed E-state index contributed by atoms with van der Waals surface area (Å²) in [6, 6.07) is 12.3. The van der Waals surface area contributed by atoms with Crippen LogP contribution in [0.3, 0.4) is 0 Å². The molecule has 2 aromatic carbocycles. The lowest BCUT2D eigenvalue weighted by molar-refractivity contribution is -0.384. The van der Waals surface area contributed by atoms with Gasteiger partial charge in [0.2, 0.25) is 5.91 Å². The van der Waals surface area contributed by atoms with Gasteiger partial charge in [-0.15, -0.1) is 0 Å². The van der Waals surface area contributed by atoms with Crippen LogP contribution in [0.15, 0.2) is 47.6 Å². The third-order valence-electron chi connectivity index (χ3n) is 4.60. The molecule has 29 heavy (non-hydrogen) atoms. The summed E-state index contributed by atoms with van der Waals surface area (Å²) >= 11 is 0. The molecule has 0 saturated carbocycles. The van der Waals surface area contributed by atoms with E-state index in [-0.39, 0.29) is 28.8 Å². The summed E-state index contributed by atoms with van der Waals surface area (Å²) in [6.45, 7) is 13.0. The first-order valence-corrected chi connectivity index (χ1v) is 9.57. The van der Waals surface area contributed by atoms with Crippen LogP contribution in [0.1, 0.15) is 63.8 Å². The molecule has 154 valence electrons. The van der Waals surface area contributed by atoms with Crippen molar-refractivity contribution in [3.8, 4) is 0 Å². The number of benzene rings is 2. The zero-order valence-corrected chi connectivity index (χ0v) is 17.9. The number of hydrazone groups is 1. The van der Waals surface area contributed by atoms with Crippen molar-refractivity contribution in [1.29, 1.82) is 0 Å². The van der Waals surface area contributed by atoms with Crippen molar-refractivity contribution in [1.82, 2.24) is 5.43 Å². The molecule has 0 fully saturated rings. The number of hydrogen-bond acceptors (Lipinski definition) is 4. The Morgan fingerprint density at radius 3 is 1.97 bits per heavy atom. The molecule has 1 amide bonds. The van der Waals surface area contributed by atoms with Gasteiger partial charge in [0.05, 0.1) is 17.6 Å². The topological polar surface area (TPSA) is 84.6 Å². The normalized spacial score (nSPS) is 12.2. The first-order chi connectivity index (χ1) is 13.4. The summed E-state index contributed by atoms with van der Waals surface area (Å²) in [4.78, 5) is 22.3. The third-order valence-corrected chi connectivity index (χ3v) is 4.60. The molecule has 6 heteroatoms. The molecule has 0 radical (unpaired) electrons. The Morgan fingerprint density at radius 2 is 1.52 bits per heavy atom. The predicted octanol–water partition coefficient (Wildman–Crippen LogP) is 4.88. The molecular weight excluding hydrogens is 366 g/mol. The van der Waals surface area contributed by atoms with Crippen LogP contribution < -0.4 is 5.43 Å². The van der Waals surface area contributed by atoms with Crippen molar-refractivity contribution in [3.63, 3.8) is 0 Å². The van der Waals surface area contributed by atoms with Crippen molar-refractivity contribution >= 4 is 17.8 Å². The van der Waals surface area contributed by atoms with Gasteiger partial charge in [0.1, 0.15) is 0 Å². The fraction of sp³-hybridized carbons (Fsp3) is 0.391. The van der Waals surface area contributed by atoms with E-state index >= 15 is 0 Å². The van der Waals surface area contributed by atoms with Gasteiger partial charge in [-0.3, -0.25) is 14.9 Å². The Balaban J connectivity index is 2.10. The molecule has 0 aliphatic carbocycles. The maximum atomic E-state index is 12.1. The van der Waals surface area contributed by atoms with Crippen molar-refractivity contribution in [2.45, 2.75) is 58.8 Å². The van der Waals surface area contributed by atoms with E-state index in [2.05, 4.69) is 70.3 Å². The third kappa shape index (κ3) is 6.52. The second-order valence-electron chi connectivity index (χ2n) is 9.24. The predicted molar refractivity (Wildman–Crippen MR) is 116 cm³/mol. The van der Waals surface area contributed by atoms with Gasteiger partial charge in [-0.1, -0.05) is 59.7 Å². The first kappa shape index (κ1) is 22.3. The van der Waals surface area contributed by atoms with Gasteiger partial charge < -0.3 is 0 Å². The Bertz CT molecular complexity index is 886. The maximum Gasteiger partial charge on any atom is 0.269 e. The van der Waals surface area contributed by atoms with Gasteiger partial charge in [-0.25, -0.2) is 5.43 Å². The molecule has 0 aliphatic heterocycles. The molecule has 0 aliphatic rings. The van der Waals surface area contributed by atoms with Crippen molar-refractivity contribution in [2.24, 2.45) is 5.10 Å². The standard InChI is InChI=1S/C23H29N3O3/c1-22(2,3)18-11-17(12-19(14-18)23(4,5)6)15-24-25-21(27)13-16-7-9-20(10-8-16)26(28)29/h7-12,14-15H,13H2,1-6H3,(H,25,27). The van der Waals surface area contributed by atoms with E-state index in [4.69, 9.17) is 0 Å². The number of nitro groups is 1. The molecule has 0 saturated heterocycles. The number of nitrogens with one attached hydrogen (secondary N) is 1. The highest BCUT2D eigenvalue weighted by molar-refractivity contribution is 5.83. The molecule has 6 nitrogen and oxygen atoms in total. The van der Waals surface area contributed by atoms with Gasteiger partial charge in [0.25, 0.3) is 5.69 Å². The van der Waals surface area contributed by atoms with Crippen molar-refractivity contribution < 1.29 is 9.72 Å². The average molecular weight is 396 g/mol. The average Bonchev–Trinajstić information content (AvgIpc) is 2.60.